The summed E-state index contributed by atoms with van der Waals surface area (Å²) in [6, 6.07) is 7.36. The number of hydrogen-bond donors (Lipinski definition) is 1. The van der Waals surface area contributed by atoms with Crippen molar-refractivity contribution in [3.05, 3.63) is 29.8 Å². The van der Waals surface area contributed by atoms with E-state index in [9.17, 15) is 8.42 Å². The maximum atomic E-state index is 12.6. The minimum atomic E-state index is -3.30. The molecule has 1 aliphatic carbocycles. The van der Waals surface area contributed by atoms with Gasteiger partial charge in [0, 0.05) is 18.3 Å². The fourth-order valence-corrected chi connectivity index (χ4v) is 5.67. The van der Waals surface area contributed by atoms with Gasteiger partial charge in [0.1, 0.15) is 5.75 Å². The molecular formula is C16H23NO4S2. The summed E-state index contributed by atoms with van der Waals surface area (Å²) in [6.45, 7) is 4.21. The molecule has 1 aromatic carbocycles. The lowest BCUT2D eigenvalue weighted by molar-refractivity contribution is 0.121. The molecule has 1 fully saturated rings. The topological polar surface area (TPSA) is 78.6 Å². The van der Waals surface area contributed by atoms with E-state index in [-0.39, 0.29) is 23.3 Å². The number of ether oxygens (including phenoxy) is 2. The second-order valence-corrected chi connectivity index (χ2v) is 8.52. The normalized spacial score (nSPS) is 26.7. The van der Waals surface area contributed by atoms with Crippen LogP contribution in [0.25, 0.3) is 0 Å². The molecule has 3 unspecified atom stereocenters. The van der Waals surface area contributed by atoms with Gasteiger partial charge >= 0.3 is 0 Å². The first-order chi connectivity index (χ1) is 10.8. The molecule has 0 radical (unpaired) electrons. The van der Waals surface area contributed by atoms with Crippen molar-refractivity contribution < 1.29 is 17.9 Å². The van der Waals surface area contributed by atoms with E-state index in [2.05, 4.69) is 0 Å². The van der Waals surface area contributed by atoms with Gasteiger partial charge in [0.15, 0.2) is 9.84 Å². The molecule has 5 nitrogen and oxygen atoms in total. The van der Waals surface area contributed by atoms with Crippen molar-refractivity contribution in [2.24, 2.45) is 11.1 Å². The van der Waals surface area contributed by atoms with Gasteiger partial charge < -0.3 is 15.2 Å². The molecule has 0 spiro atoms. The van der Waals surface area contributed by atoms with Crippen molar-refractivity contribution >= 4 is 27.0 Å². The predicted octanol–water partition coefficient (Wildman–Crippen LogP) is 1.90. The average Bonchev–Trinajstić information content (AvgIpc) is 3.24. The highest BCUT2D eigenvalue weighted by Crippen LogP contribution is 2.63. The maximum absolute atomic E-state index is 12.6. The molecule has 0 aliphatic heterocycles. The van der Waals surface area contributed by atoms with E-state index < -0.39 is 20.5 Å². The van der Waals surface area contributed by atoms with Crippen LogP contribution in [0.15, 0.2) is 24.3 Å². The zero-order valence-electron chi connectivity index (χ0n) is 13.6. The Morgan fingerprint density at radius 2 is 1.91 bits per heavy atom. The number of nitrogens with two attached hydrogens (primary N) is 1. The Balaban J connectivity index is 2.46. The SMILES string of the molecule is CCOCC1(C(N)=S)C(c2ccc(OC)cc2)C1S(=O)(=O)CC. The Kier molecular flexibility index (Phi) is 5.33. The molecule has 0 aromatic heterocycles. The zero-order chi connectivity index (χ0) is 17.3. The number of methoxy groups -OCH3 is 1. The van der Waals surface area contributed by atoms with E-state index in [0.29, 0.717) is 6.61 Å². The van der Waals surface area contributed by atoms with Crippen LogP contribution in [0.5, 0.6) is 5.75 Å². The van der Waals surface area contributed by atoms with E-state index in [4.69, 9.17) is 27.4 Å². The molecule has 0 amide bonds. The van der Waals surface area contributed by atoms with Crippen LogP contribution in [0, 0.1) is 5.41 Å². The van der Waals surface area contributed by atoms with E-state index in [0.717, 1.165) is 11.3 Å². The Bertz CT molecular complexity index is 672. The van der Waals surface area contributed by atoms with Crippen LogP contribution in [-0.2, 0) is 14.6 Å². The molecule has 0 saturated heterocycles. The molecule has 128 valence electrons. The van der Waals surface area contributed by atoms with Gasteiger partial charge in [0.25, 0.3) is 0 Å². The minimum Gasteiger partial charge on any atom is -0.497 e. The van der Waals surface area contributed by atoms with Crippen molar-refractivity contribution in [2.75, 3.05) is 26.1 Å². The number of benzene rings is 1. The number of thiocarbonyl (C=S) groups is 1. The summed E-state index contributed by atoms with van der Waals surface area (Å²) >= 11 is 5.24. The summed E-state index contributed by atoms with van der Waals surface area (Å²) < 4.78 is 35.8. The van der Waals surface area contributed by atoms with Crippen LogP contribution in [0.2, 0.25) is 0 Å². The van der Waals surface area contributed by atoms with Crippen molar-refractivity contribution in [2.45, 2.75) is 25.0 Å². The van der Waals surface area contributed by atoms with E-state index >= 15 is 0 Å². The molecule has 2 N–H and O–H groups in total. The quantitative estimate of drug-likeness (QED) is 0.716. The zero-order valence-corrected chi connectivity index (χ0v) is 15.2. The summed E-state index contributed by atoms with van der Waals surface area (Å²) in [4.78, 5) is 0.203. The standard InChI is InChI=1S/C16H23NO4S2/c1-4-21-10-16(15(17)22)13(14(16)23(18,19)5-2)11-6-8-12(20-3)9-7-11/h6-9,13-14H,4-5,10H2,1-3H3,(H2,17,22). The van der Waals surface area contributed by atoms with Gasteiger partial charge in [-0.25, -0.2) is 8.42 Å². The lowest BCUT2D eigenvalue weighted by Crippen LogP contribution is -2.34. The third kappa shape index (κ3) is 3.09. The number of rotatable bonds is 8. The van der Waals surface area contributed by atoms with E-state index in [1.807, 2.05) is 31.2 Å². The van der Waals surface area contributed by atoms with Crippen molar-refractivity contribution in [3.63, 3.8) is 0 Å². The fourth-order valence-electron chi connectivity index (χ4n) is 3.20. The molecule has 7 heteroatoms. The molecule has 23 heavy (non-hydrogen) atoms. The smallest absolute Gasteiger partial charge is 0.154 e. The summed E-state index contributed by atoms with van der Waals surface area (Å²) in [7, 11) is -1.71. The van der Waals surface area contributed by atoms with Gasteiger partial charge in [-0.1, -0.05) is 31.3 Å². The summed E-state index contributed by atoms with van der Waals surface area (Å²) in [5.74, 6) is 0.498. The van der Waals surface area contributed by atoms with E-state index in [1.54, 1.807) is 14.0 Å². The summed E-state index contributed by atoms with van der Waals surface area (Å²) in [5, 5.41) is -0.627. The average molecular weight is 357 g/mol. The first-order valence-corrected chi connectivity index (χ1v) is 9.70. The molecule has 0 heterocycles. The maximum Gasteiger partial charge on any atom is 0.154 e. The van der Waals surface area contributed by atoms with Gasteiger partial charge in [-0.15, -0.1) is 0 Å². The number of sulfone groups is 1. The van der Waals surface area contributed by atoms with Crippen LogP contribution < -0.4 is 10.5 Å². The summed E-state index contributed by atoms with van der Waals surface area (Å²) in [6.07, 6.45) is 0. The Hall–Kier alpha value is -1.18. The monoisotopic (exact) mass is 357 g/mol. The van der Waals surface area contributed by atoms with Gasteiger partial charge in [-0.05, 0) is 24.6 Å². The molecule has 1 aliphatic rings. The third-order valence-electron chi connectivity index (χ3n) is 4.52. The van der Waals surface area contributed by atoms with Gasteiger partial charge in [-0.2, -0.15) is 0 Å². The Labute approximate surface area is 143 Å². The Morgan fingerprint density at radius 3 is 2.35 bits per heavy atom. The first-order valence-electron chi connectivity index (χ1n) is 7.58. The van der Waals surface area contributed by atoms with Crippen LogP contribution in [-0.4, -0.2) is 44.7 Å². The highest BCUT2D eigenvalue weighted by atomic mass is 32.2. The predicted molar refractivity (Wildman–Crippen MR) is 94.7 cm³/mol. The van der Waals surface area contributed by atoms with Crippen LogP contribution in [0.1, 0.15) is 25.3 Å². The largest absolute Gasteiger partial charge is 0.497 e. The molecule has 0 bridgehead atoms. The van der Waals surface area contributed by atoms with Gasteiger partial charge in [0.05, 0.1) is 29.4 Å². The minimum absolute atomic E-state index is 0.0564. The summed E-state index contributed by atoms with van der Waals surface area (Å²) in [5.41, 5.74) is 6.03. The lowest BCUT2D eigenvalue weighted by atomic mass is 10.00. The Morgan fingerprint density at radius 1 is 1.30 bits per heavy atom. The second kappa shape index (κ2) is 6.75. The second-order valence-electron chi connectivity index (χ2n) is 5.66. The van der Waals surface area contributed by atoms with Crippen molar-refractivity contribution in [1.29, 1.82) is 0 Å². The highest BCUT2D eigenvalue weighted by Gasteiger charge is 2.72. The molecule has 2 rings (SSSR count). The van der Waals surface area contributed by atoms with E-state index in [1.165, 1.54) is 0 Å². The number of hydrogen-bond acceptors (Lipinski definition) is 5. The molecule has 1 saturated carbocycles. The van der Waals surface area contributed by atoms with Gasteiger partial charge in [0.2, 0.25) is 0 Å². The van der Waals surface area contributed by atoms with Crippen LogP contribution >= 0.6 is 12.2 Å². The molecule has 3 atom stereocenters. The third-order valence-corrected chi connectivity index (χ3v) is 7.18. The van der Waals surface area contributed by atoms with Gasteiger partial charge in [-0.3, -0.25) is 0 Å². The van der Waals surface area contributed by atoms with Crippen molar-refractivity contribution in [1.82, 2.24) is 0 Å². The van der Waals surface area contributed by atoms with Crippen molar-refractivity contribution in [3.8, 4) is 5.75 Å². The van der Waals surface area contributed by atoms with Crippen LogP contribution in [0.3, 0.4) is 0 Å². The molecule has 1 aromatic rings. The fraction of sp³-hybridized carbons (Fsp3) is 0.562. The lowest BCUT2D eigenvalue weighted by Gasteiger charge is -2.16. The molecular weight excluding hydrogens is 334 g/mol. The van der Waals surface area contributed by atoms with Crippen LogP contribution in [0.4, 0.5) is 0 Å². The first kappa shape index (κ1) is 18.2. The highest BCUT2D eigenvalue weighted by molar-refractivity contribution is 7.92.